The normalized spacial score (nSPS) is 14.8. The van der Waals surface area contributed by atoms with Gasteiger partial charge in [-0.2, -0.15) is 0 Å². The fraction of sp³-hybridized carbons (Fsp3) is 0.444. The summed E-state index contributed by atoms with van der Waals surface area (Å²) in [4.78, 5) is 33.9. The van der Waals surface area contributed by atoms with Gasteiger partial charge in [-0.15, -0.1) is 0 Å². The molecule has 1 fully saturated rings. The average molecular weight is 448 g/mol. The molecule has 2 aromatic carbocycles. The molecule has 1 atom stereocenters. The number of para-hydroxylation sites is 1. The second kappa shape index (κ2) is 9.77. The summed E-state index contributed by atoms with van der Waals surface area (Å²) in [7, 11) is 0. The summed E-state index contributed by atoms with van der Waals surface area (Å²) in [5.41, 5.74) is 1.23. The molecule has 1 saturated carbocycles. The van der Waals surface area contributed by atoms with E-state index in [4.69, 9.17) is 9.72 Å². The Morgan fingerprint density at radius 3 is 2.42 bits per heavy atom. The van der Waals surface area contributed by atoms with Crippen molar-refractivity contribution in [2.75, 3.05) is 13.2 Å². The van der Waals surface area contributed by atoms with Crippen LogP contribution < -0.4 is 10.3 Å². The summed E-state index contributed by atoms with van der Waals surface area (Å²) in [6, 6.07) is 14.5. The van der Waals surface area contributed by atoms with Gasteiger partial charge in [0.15, 0.2) is 0 Å². The van der Waals surface area contributed by atoms with Crippen molar-refractivity contribution in [2.24, 2.45) is 11.8 Å². The number of fused-ring (bicyclic) bond motifs is 1. The van der Waals surface area contributed by atoms with Crippen LogP contribution in [0.4, 0.5) is 0 Å². The number of carbonyl (C=O) groups excluding carboxylic acids is 1. The number of ether oxygens (including phenoxy) is 1. The van der Waals surface area contributed by atoms with Crippen LogP contribution in [0.15, 0.2) is 53.3 Å². The Morgan fingerprint density at radius 1 is 1.12 bits per heavy atom. The standard InChI is InChI=1S/C27H33N3O3/c1-5-33-22-15-13-21(14-16-22)30-25(28-24-12-7-6-11-23(24)27(30)32)19(4)29(17-18(2)3)26(31)20-9-8-10-20/h6-7,11-16,18-20H,5,8-10,17H2,1-4H3. The summed E-state index contributed by atoms with van der Waals surface area (Å²) in [5.74, 6) is 1.89. The van der Waals surface area contributed by atoms with Gasteiger partial charge in [0.1, 0.15) is 11.6 Å². The van der Waals surface area contributed by atoms with Crippen LogP contribution in [0, 0.1) is 11.8 Å². The number of amides is 1. The molecule has 6 nitrogen and oxygen atoms in total. The van der Waals surface area contributed by atoms with E-state index < -0.39 is 0 Å². The third-order valence-corrected chi connectivity index (χ3v) is 6.35. The Kier molecular flexibility index (Phi) is 6.82. The highest BCUT2D eigenvalue weighted by molar-refractivity contribution is 5.80. The summed E-state index contributed by atoms with van der Waals surface area (Å²) in [6.07, 6.45) is 2.99. The molecular weight excluding hydrogens is 414 g/mol. The Bertz CT molecular complexity index is 1180. The number of hydrogen-bond donors (Lipinski definition) is 0. The first-order chi connectivity index (χ1) is 15.9. The number of carbonyl (C=O) groups is 1. The molecule has 1 aromatic heterocycles. The van der Waals surface area contributed by atoms with Gasteiger partial charge in [-0.25, -0.2) is 4.98 Å². The van der Waals surface area contributed by atoms with E-state index in [1.165, 1.54) is 0 Å². The minimum absolute atomic E-state index is 0.0808. The van der Waals surface area contributed by atoms with Crippen molar-refractivity contribution in [3.05, 3.63) is 64.7 Å². The first kappa shape index (κ1) is 23.0. The van der Waals surface area contributed by atoms with E-state index in [2.05, 4.69) is 13.8 Å². The van der Waals surface area contributed by atoms with Crippen LogP contribution >= 0.6 is 0 Å². The smallest absolute Gasteiger partial charge is 0.266 e. The van der Waals surface area contributed by atoms with Crippen molar-refractivity contribution in [3.63, 3.8) is 0 Å². The van der Waals surface area contributed by atoms with E-state index in [1.54, 1.807) is 10.6 Å². The van der Waals surface area contributed by atoms with Gasteiger partial charge in [-0.3, -0.25) is 14.2 Å². The lowest BCUT2D eigenvalue weighted by Gasteiger charge is -2.37. The number of nitrogens with zero attached hydrogens (tertiary/aromatic N) is 3. The van der Waals surface area contributed by atoms with Crippen LogP contribution in [0.1, 0.15) is 58.8 Å². The van der Waals surface area contributed by atoms with Crippen molar-refractivity contribution >= 4 is 16.8 Å². The number of rotatable bonds is 8. The van der Waals surface area contributed by atoms with Gasteiger partial charge in [-0.1, -0.05) is 32.4 Å². The molecule has 0 spiro atoms. The largest absolute Gasteiger partial charge is 0.494 e. The molecule has 6 heteroatoms. The zero-order valence-electron chi connectivity index (χ0n) is 20.0. The maximum atomic E-state index is 13.7. The monoisotopic (exact) mass is 447 g/mol. The zero-order chi connectivity index (χ0) is 23.5. The molecule has 1 unspecified atom stereocenters. The molecule has 0 bridgehead atoms. The Morgan fingerprint density at radius 2 is 1.82 bits per heavy atom. The quantitative estimate of drug-likeness (QED) is 0.480. The number of hydrogen-bond acceptors (Lipinski definition) is 4. The van der Waals surface area contributed by atoms with E-state index in [-0.39, 0.29) is 23.4 Å². The maximum Gasteiger partial charge on any atom is 0.266 e. The molecule has 1 aliphatic carbocycles. The molecule has 1 heterocycles. The molecule has 1 aliphatic rings. The van der Waals surface area contributed by atoms with Crippen molar-refractivity contribution in [3.8, 4) is 11.4 Å². The van der Waals surface area contributed by atoms with Gasteiger partial charge in [0.25, 0.3) is 5.56 Å². The average Bonchev–Trinajstić information content (AvgIpc) is 2.76. The molecular formula is C27H33N3O3. The predicted octanol–water partition coefficient (Wildman–Crippen LogP) is 5.13. The first-order valence-electron chi connectivity index (χ1n) is 12.0. The van der Waals surface area contributed by atoms with Gasteiger partial charge in [0.05, 0.1) is 29.2 Å². The summed E-state index contributed by atoms with van der Waals surface area (Å²) in [6.45, 7) is 9.35. The van der Waals surface area contributed by atoms with Crippen LogP contribution in [0.25, 0.3) is 16.6 Å². The third kappa shape index (κ3) is 4.65. The minimum atomic E-state index is -0.343. The van der Waals surface area contributed by atoms with Gasteiger partial charge in [0.2, 0.25) is 5.91 Å². The van der Waals surface area contributed by atoms with Crippen molar-refractivity contribution in [1.29, 1.82) is 0 Å². The lowest BCUT2D eigenvalue weighted by atomic mass is 9.84. The summed E-state index contributed by atoms with van der Waals surface area (Å²) >= 11 is 0. The Labute approximate surface area is 195 Å². The van der Waals surface area contributed by atoms with Gasteiger partial charge in [-0.05, 0) is 69.0 Å². The lowest BCUT2D eigenvalue weighted by Crippen LogP contribution is -2.44. The topological polar surface area (TPSA) is 64.4 Å². The van der Waals surface area contributed by atoms with Crippen molar-refractivity contribution < 1.29 is 9.53 Å². The highest BCUT2D eigenvalue weighted by Crippen LogP contribution is 2.32. The molecule has 33 heavy (non-hydrogen) atoms. The van der Waals surface area contributed by atoms with Crippen molar-refractivity contribution in [2.45, 2.75) is 53.0 Å². The first-order valence-corrected chi connectivity index (χ1v) is 12.0. The molecule has 4 rings (SSSR count). The third-order valence-electron chi connectivity index (χ3n) is 6.35. The molecule has 0 radical (unpaired) electrons. The Hall–Kier alpha value is -3.15. The molecule has 0 saturated heterocycles. The predicted molar refractivity (Wildman–Crippen MR) is 131 cm³/mol. The summed E-state index contributed by atoms with van der Waals surface area (Å²) < 4.78 is 7.23. The van der Waals surface area contributed by atoms with Crippen LogP contribution in [-0.2, 0) is 4.79 Å². The van der Waals surface area contributed by atoms with E-state index in [0.29, 0.717) is 41.5 Å². The maximum absolute atomic E-state index is 13.7. The van der Waals surface area contributed by atoms with Crippen molar-refractivity contribution in [1.82, 2.24) is 14.5 Å². The van der Waals surface area contributed by atoms with E-state index in [9.17, 15) is 9.59 Å². The fourth-order valence-electron chi connectivity index (χ4n) is 4.40. The lowest BCUT2D eigenvalue weighted by molar-refractivity contribution is -0.141. The van der Waals surface area contributed by atoms with E-state index in [1.807, 2.05) is 61.2 Å². The number of benzene rings is 2. The highest BCUT2D eigenvalue weighted by atomic mass is 16.5. The molecule has 1 amide bonds. The highest BCUT2D eigenvalue weighted by Gasteiger charge is 2.34. The molecule has 0 aliphatic heterocycles. The number of aromatic nitrogens is 2. The second-order valence-electron chi connectivity index (χ2n) is 9.24. The minimum Gasteiger partial charge on any atom is -0.494 e. The van der Waals surface area contributed by atoms with E-state index >= 15 is 0 Å². The van der Waals surface area contributed by atoms with Gasteiger partial charge < -0.3 is 9.64 Å². The molecule has 174 valence electrons. The van der Waals surface area contributed by atoms with Gasteiger partial charge in [0, 0.05) is 12.5 Å². The molecule has 3 aromatic rings. The van der Waals surface area contributed by atoms with Crippen LogP contribution in [0.5, 0.6) is 5.75 Å². The SMILES string of the molecule is CCOc1ccc(-n2c(C(C)N(CC(C)C)C(=O)C3CCC3)nc3ccccc3c2=O)cc1. The Balaban J connectivity index is 1.86. The van der Waals surface area contributed by atoms with Crippen LogP contribution in [0.2, 0.25) is 0 Å². The second-order valence-corrected chi connectivity index (χ2v) is 9.24. The van der Waals surface area contributed by atoms with Gasteiger partial charge >= 0.3 is 0 Å². The van der Waals surface area contributed by atoms with Crippen LogP contribution in [0.3, 0.4) is 0 Å². The van der Waals surface area contributed by atoms with Crippen LogP contribution in [-0.4, -0.2) is 33.5 Å². The zero-order valence-corrected chi connectivity index (χ0v) is 20.0. The molecule has 0 N–H and O–H groups in total. The van der Waals surface area contributed by atoms with E-state index in [0.717, 1.165) is 25.0 Å². The fourth-order valence-corrected chi connectivity index (χ4v) is 4.40. The summed E-state index contributed by atoms with van der Waals surface area (Å²) in [5, 5.41) is 0.558.